The normalized spacial score (nSPS) is 18.3. The van der Waals surface area contributed by atoms with E-state index in [9.17, 15) is 0 Å². The second-order valence-electron chi connectivity index (χ2n) is 4.82. The first-order valence-electron chi connectivity index (χ1n) is 6.27. The molecule has 94 valence electrons. The highest BCUT2D eigenvalue weighted by atomic mass is 79.9. The van der Waals surface area contributed by atoms with Gasteiger partial charge in [-0.1, -0.05) is 0 Å². The Labute approximate surface area is 112 Å². The quantitative estimate of drug-likeness (QED) is 0.926. The first-order valence-corrected chi connectivity index (χ1v) is 7.06. The van der Waals surface area contributed by atoms with Crippen LogP contribution in [0.4, 0.5) is 5.82 Å². The average Bonchev–Trinajstić information content (AvgIpc) is 2.76. The smallest absolute Gasteiger partial charge is 0.126 e. The van der Waals surface area contributed by atoms with Gasteiger partial charge in [0.2, 0.25) is 0 Å². The van der Waals surface area contributed by atoms with Crippen LogP contribution >= 0.6 is 15.9 Å². The number of rotatable bonds is 4. The van der Waals surface area contributed by atoms with Crippen molar-refractivity contribution in [1.82, 2.24) is 9.88 Å². The summed E-state index contributed by atoms with van der Waals surface area (Å²) in [5, 5.41) is 3.46. The highest BCUT2D eigenvalue weighted by molar-refractivity contribution is 9.10. The van der Waals surface area contributed by atoms with Crippen molar-refractivity contribution in [1.29, 1.82) is 0 Å². The molecular formula is C13H20BrN3. The molecule has 1 unspecified atom stereocenters. The molecule has 1 aromatic heterocycles. The molecular weight excluding hydrogens is 278 g/mol. The minimum atomic E-state index is 0.446. The number of anilines is 1. The standard InChI is InChI=1S/C13H20BrN3/c1-10(9-17-7-3-4-8-17)15-13-6-5-12(14)11(2)16-13/h5-6,10H,3-4,7-9H2,1-2H3,(H,15,16). The summed E-state index contributed by atoms with van der Waals surface area (Å²) in [5.41, 5.74) is 1.03. The Morgan fingerprint density at radius 1 is 1.41 bits per heavy atom. The van der Waals surface area contributed by atoms with Gasteiger partial charge in [0.15, 0.2) is 0 Å². The summed E-state index contributed by atoms with van der Waals surface area (Å²) in [5.74, 6) is 0.970. The van der Waals surface area contributed by atoms with Gasteiger partial charge >= 0.3 is 0 Å². The number of aromatic nitrogens is 1. The number of hydrogen-bond donors (Lipinski definition) is 1. The molecule has 0 aromatic carbocycles. The fourth-order valence-electron chi connectivity index (χ4n) is 2.28. The first kappa shape index (κ1) is 12.8. The Balaban J connectivity index is 1.88. The summed E-state index contributed by atoms with van der Waals surface area (Å²) in [4.78, 5) is 7.03. The van der Waals surface area contributed by atoms with Crippen LogP contribution in [0.3, 0.4) is 0 Å². The van der Waals surface area contributed by atoms with Crippen molar-refractivity contribution in [2.75, 3.05) is 25.0 Å². The lowest BCUT2D eigenvalue weighted by molar-refractivity contribution is 0.327. The molecule has 2 heterocycles. The number of pyridine rings is 1. The third-order valence-electron chi connectivity index (χ3n) is 3.15. The predicted molar refractivity (Wildman–Crippen MR) is 75.4 cm³/mol. The van der Waals surface area contributed by atoms with Crippen LogP contribution in [0.2, 0.25) is 0 Å². The van der Waals surface area contributed by atoms with Crippen LogP contribution in [-0.4, -0.2) is 35.6 Å². The van der Waals surface area contributed by atoms with E-state index in [0.29, 0.717) is 6.04 Å². The third-order valence-corrected chi connectivity index (χ3v) is 3.98. The molecule has 1 aliphatic rings. The van der Waals surface area contributed by atoms with Crippen molar-refractivity contribution >= 4 is 21.7 Å². The van der Waals surface area contributed by atoms with E-state index in [2.05, 4.69) is 38.1 Å². The summed E-state index contributed by atoms with van der Waals surface area (Å²) >= 11 is 3.47. The van der Waals surface area contributed by atoms with Gasteiger partial charge in [0.25, 0.3) is 0 Å². The van der Waals surface area contributed by atoms with Crippen molar-refractivity contribution in [3.8, 4) is 0 Å². The molecule has 4 heteroatoms. The van der Waals surface area contributed by atoms with Crippen LogP contribution in [-0.2, 0) is 0 Å². The number of likely N-dealkylation sites (tertiary alicyclic amines) is 1. The molecule has 1 aliphatic heterocycles. The lowest BCUT2D eigenvalue weighted by atomic mass is 10.3. The zero-order valence-electron chi connectivity index (χ0n) is 10.5. The molecule has 1 saturated heterocycles. The zero-order chi connectivity index (χ0) is 12.3. The van der Waals surface area contributed by atoms with E-state index >= 15 is 0 Å². The molecule has 1 aromatic rings. The molecule has 0 aliphatic carbocycles. The van der Waals surface area contributed by atoms with Gasteiger partial charge in [-0.25, -0.2) is 4.98 Å². The van der Waals surface area contributed by atoms with E-state index in [0.717, 1.165) is 22.5 Å². The molecule has 0 radical (unpaired) electrons. The van der Waals surface area contributed by atoms with Gasteiger partial charge < -0.3 is 10.2 Å². The lowest BCUT2D eigenvalue weighted by Crippen LogP contribution is -2.33. The van der Waals surface area contributed by atoms with Gasteiger partial charge in [0.1, 0.15) is 5.82 Å². The van der Waals surface area contributed by atoms with E-state index in [4.69, 9.17) is 0 Å². The monoisotopic (exact) mass is 297 g/mol. The predicted octanol–water partition coefficient (Wildman–Crippen LogP) is 3.05. The maximum absolute atomic E-state index is 4.51. The molecule has 1 fully saturated rings. The summed E-state index contributed by atoms with van der Waals surface area (Å²) in [6, 6.07) is 4.52. The van der Waals surface area contributed by atoms with Gasteiger partial charge in [-0.05, 0) is 67.8 Å². The summed E-state index contributed by atoms with van der Waals surface area (Å²) in [6.45, 7) is 7.84. The molecule has 3 nitrogen and oxygen atoms in total. The molecule has 0 amide bonds. The van der Waals surface area contributed by atoms with Gasteiger partial charge in [-0.15, -0.1) is 0 Å². The Morgan fingerprint density at radius 3 is 2.76 bits per heavy atom. The maximum Gasteiger partial charge on any atom is 0.126 e. The number of halogens is 1. The molecule has 1 atom stereocenters. The number of hydrogen-bond acceptors (Lipinski definition) is 3. The van der Waals surface area contributed by atoms with Crippen LogP contribution in [0.25, 0.3) is 0 Å². The van der Waals surface area contributed by atoms with E-state index in [1.54, 1.807) is 0 Å². The van der Waals surface area contributed by atoms with Crippen molar-refractivity contribution < 1.29 is 0 Å². The van der Waals surface area contributed by atoms with Crippen LogP contribution in [0.1, 0.15) is 25.5 Å². The number of nitrogens with zero attached hydrogens (tertiary/aromatic N) is 2. The molecule has 17 heavy (non-hydrogen) atoms. The van der Waals surface area contributed by atoms with E-state index in [-0.39, 0.29) is 0 Å². The van der Waals surface area contributed by atoms with Gasteiger partial charge in [-0.3, -0.25) is 0 Å². The van der Waals surface area contributed by atoms with Gasteiger partial charge in [0.05, 0.1) is 5.69 Å². The second-order valence-corrected chi connectivity index (χ2v) is 5.67. The van der Waals surface area contributed by atoms with Crippen molar-refractivity contribution in [2.45, 2.75) is 32.7 Å². The minimum absolute atomic E-state index is 0.446. The summed E-state index contributed by atoms with van der Waals surface area (Å²) in [7, 11) is 0. The Hall–Kier alpha value is -0.610. The molecule has 0 saturated carbocycles. The zero-order valence-corrected chi connectivity index (χ0v) is 12.1. The highest BCUT2D eigenvalue weighted by Crippen LogP contribution is 2.17. The topological polar surface area (TPSA) is 28.2 Å². The van der Waals surface area contributed by atoms with Gasteiger partial charge in [0, 0.05) is 17.1 Å². The summed E-state index contributed by atoms with van der Waals surface area (Å²) < 4.78 is 1.07. The van der Waals surface area contributed by atoms with E-state index < -0.39 is 0 Å². The number of aryl methyl sites for hydroxylation is 1. The van der Waals surface area contributed by atoms with Crippen LogP contribution in [0.5, 0.6) is 0 Å². The molecule has 1 N–H and O–H groups in total. The average molecular weight is 298 g/mol. The first-order chi connectivity index (χ1) is 8.15. The van der Waals surface area contributed by atoms with Crippen molar-refractivity contribution in [3.05, 3.63) is 22.3 Å². The molecule has 0 bridgehead atoms. The largest absolute Gasteiger partial charge is 0.366 e. The molecule has 0 spiro atoms. The highest BCUT2D eigenvalue weighted by Gasteiger charge is 2.14. The van der Waals surface area contributed by atoms with Crippen molar-refractivity contribution in [2.24, 2.45) is 0 Å². The fraction of sp³-hybridized carbons (Fsp3) is 0.615. The summed E-state index contributed by atoms with van der Waals surface area (Å²) in [6.07, 6.45) is 2.70. The van der Waals surface area contributed by atoms with Crippen LogP contribution < -0.4 is 5.32 Å². The second kappa shape index (κ2) is 5.83. The minimum Gasteiger partial charge on any atom is -0.366 e. The molecule has 2 rings (SSSR count). The Kier molecular flexibility index (Phi) is 4.40. The van der Waals surface area contributed by atoms with E-state index in [1.165, 1.54) is 25.9 Å². The lowest BCUT2D eigenvalue weighted by Gasteiger charge is -2.21. The Bertz CT molecular complexity index is 375. The van der Waals surface area contributed by atoms with Gasteiger partial charge in [-0.2, -0.15) is 0 Å². The van der Waals surface area contributed by atoms with E-state index in [1.807, 2.05) is 19.1 Å². The van der Waals surface area contributed by atoms with Crippen molar-refractivity contribution in [3.63, 3.8) is 0 Å². The number of nitrogens with one attached hydrogen (secondary N) is 1. The fourth-order valence-corrected chi connectivity index (χ4v) is 2.50. The SMILES string of the molecule is Cc1nc(NC(C)CN2CCCC2)ccc1Br. The van der Waals surface area contributed by atoms with Crippen LogP contribution in [0.15, 0.2) is 16.6 Å². The van der Waals surface area contributed by atoms with Crippen LogP contribution in [0, 0.1) is 6.92 Å². The Morgan fingerprint density at radius 2 is 2.12 bits per heavy atom. The third kappa shape index (κ3) is 3.68. The maximum atomic E-state index is 4.51.